The fourth-order valence-electron chi connectivity index (χ4n) is 2.58. The topological polar surface area (TPSA) is 58.6 Å². The maximum atomic E-state index is 12.8. The lowest BCUT2D eigenvalue weighted by Gasteiger charge is -2.41. The van der Waals surface area contributed by atoms with Crippen LogP contribution in [0.3, 0.4) is 0 Å². The molecule has 2 rings (SSSR count). The van der Waals surface area contributed by atoms with Crippen LogP contribution in [0.15, 0.2) is 24.3 Å². The largest absolute Gasteiger partial charge is 0.488 e. The third-order valence-electron chi connectivity index (χ3n) is 4.66. The van der Waals surface area contributed by atoms with Crippen LogP contribution < -0.4 is 10.1 Å². The van der Waals surface area contributed by atoms with Gasteiger partial charge in [0.15, 0.2) is 0 Å². The summed E-state index contributed by atoms with van der Waals surface area (Å²) in [5.74, 6) is 0.414. The van der Waals surface area contributed by atoms with Crippen LogP contribution >= 0.6 is 0 Å². The number of hydrogen-bond acceptors (Lipinski definition) is 3. The Hall–Kier alpha value is -1.55. The first-order chi connectivity index (χ1) is 9.93. The molecule has 0 aliphatic carbocycles. The van der Waals surface area contributed by atoms with Gasteiger partial charge in [-0.15, -0.1) is 0 Å². The molecule has 0 spiro atoms. The number of amides is 1. The molecule has 1 atom stereocenters. The van der Waals surface area contributed by atoms with E-state index in [1.165, 1.54) is 0 Å². The molecule has 122 valence electrons. The van der Waals surface area contributed by atoms with Crippen LogP contribution in [0.5, 0.6) is 5.75 Å². The number of para-hydroxylation sites is 1. The van der Waals surface area contributed by atoms with Gasteiger partial charge in [-0.25, -0.2) is 0 Å². The predicted octanol–water partition coefficient (Wildman–Crippen LogP) is 3.00. The van der Waals surface area contributed by atoms with E-state index in [-0.39, 0.29) is 11.8 Å². The molecule has 0 fully saturated rings. The smallest absolute Gasteiger partial charge is 0.228 e. The molecule has 1 unspecified atom stereocenters. The SMILES string of the molecule is CC1(C)CC(C(=O)NC(C)(C)C(C)(C)O)c2ccccc2O1. The van der Waals surface area contributed by atoms with E-state index in [9.17, 15) is 9.90 Å². The Bertz CT molecular complexity index is 570. The van der Waals surface area contributed by atoms with E-state index in [1.807, 2.05) is 52.0 Å². The third-order valence-corrected chi connectivity index (χ3v) is 4.66. The molecule has 2 N–H and O–H groups in total. The second-order valence-electron chi connectivity index (χ2n) is 7.83. The molecule has 1 aromatic rings. The number of fused-ring (bicyclic) bond motifs is 1. The maximum Gasteiger partial charge on any atom is 0.228 e. The van der Waals surface area contributed by atoms with Gasteiger partial charge in [-0.1, -0.05) is 18.2 Å². The lowest BCUT2D eigenvalue weighted by atomic mass is 9.81. The van der Waals surface area contributed by atoms with Gasteiger partial charge in [0, 0.05) is 12.0 Å². The van der Waals surface area contributed by atoms with E-state index in [0.717, 1.165) is 11.3 Å². The summed E-state index contributed by atoms with van der Waals surface area (Å²) < 4.78 is 5.97. The van der Waals surface area contributed by atoms with Gasteiger partial charge < -0.3 is 15.2 Å². The highest BCUT2D eigenvalue weighted by atomic mass is 16.5. The summed E-state index contributed by atoms with van der Waals surface area (Å²) in [7, 11) is 0. The van der Waals surface area contributed by atoms with Gasteiger partial charge in [-0.2, -0.15) is 0 Å². The van der Waals surface area contributed by atoms with E-state index in [0.29, 0.717) is 6.42 Å². The highest BCUT2D eigenvalue weighted by molar-refractivity contribution is 5.85. The summed E-state index contributed by atoms with van der Waals surface area (Å²) in [6.45, 7) is 11.1. The fraction of sp³-hybridized carbons (Fsp3) is 0.611. The van der Waals surface area contributed by atoms with Gasteiger partial charge in [0.25, 0.3) is 0 Å². The number of hydrogen-bond donors (Lipinski definition) is 2. The Balaban J connectivity index is 2.30. The Kier molecular flexibility index (Phi) is 4.03. The minimum absolute atomic E-state index is 0.0732. The van der Waals surface area contributed by atoms with Crippen molar-refractivity contribution in [1.82, 2.24) is 5.32 Å². The number of carbonyl (C=O) groups is 1. The van der Waals surface area contributed by atoms with E-state index in [2.05, 4.69) is 5.32 Å². The average Bonchev–Trinajstić information content (AvgIpc) is 2.34. The highest BCUT2D eigenvalue weighted by Gasteiger charge is 2.42. The summed E-state index contributed by atoms with van der Waals surface area (Å²) >= 11 is 0. The normalized spacial score (nSPS) is 20.8. The monoisotopic (exact) mass is 305 g/mol. The van der Waals surface area contributed by atoms with Gasteiger partial charge >= 0.3 is 0 Å². The van der Waals surface area contributed by atoms with Crippen LogP contribution in [0.2, 0.25) is 0 Å². The average molecular weight is 305 g/mol. The number of nitrogens with one attached hydrogen (secondary N) is 1. The van der Waals surface area contributed by atoms with Crippen molar-refractivity contribution < 1.29 is 14.6 Å². The quantitative estimate of drug-likeness (QED) is 0.902. The van der Waals surface area contributed by atoms with E-state index >= 15 is 0 Å². The number of benzene rings is 1. The van der Waals surface area contributed by atoms with Crippen LogP contribution in [0.4, 0.5) is 0 Å². The second kappa shape index (κ2) is 5.27. The van der Waals surface area contributed by atoms with Crippen molar-refractivity contribution >= 4 is 5.91 Å². The molecule has 1 aromatic carbocycles. The second-order valence-corrected chi connectivity index (χ2v) is 7.83. The summed E-state index contributed by atoms with van der Waals surface area (Å²) in [6.07, 6.45) is 0.609. The van der Waals surface area contributed by atoms with Crippen molar-refractivity contribution in [2.75, 3.05) is 0 Å². The molecular weight excluding hydrogens is 278 g/mol. The van der Waals surface area contributed by atoms with Gasteiger partial charge in [-0.3, -0.25) is 4.79 Å². The Morgan fingerprint density at radius 2 is 1.86 bits per heavy atom. The molecule has 0 radical (unpaired) electrons. The molecule has 0 saturated carbocycles. The van der Waals surface area contributed by atoms with Crippen LogP contribution in [-0.4, -0.2) is 27.8 Å². The minimum Gasteiger partial charge on any atom is -0.488 e. The first-order valence-corrected chi connectivity index (χ1v) is 7.75. The maximum absolute atomic E-state index is 12.8. The van der Waals surface area contributed by atoms with Gasteiger partial charge in [0.05, 0.1) is 17.1 Å². The molecule has 1 aliphatic heterocycles. The van der Waals surface area contributed by atoms with Crippen LogP contribution in [0, 0.1) is 0 Å². The van der Waals surface area contributed by atoms with Crippen molar-refractivity contribution in [1.29, 1.82) is 0 Å². The molecule has 22 heavy (non-hydrogen) atoms. The zero-order valence-corrected chi connectivity index (χ0v) is 14.4. The Morgan fingerprint density at radius 3 is 2.45 bits per heavy atom. The van der Waals surface area contributed by atoms with E-state index in [1.54, 1.807) is 13.8 Å². The summed E-state index contributed by atoms with van der Waals surface area (Å²) in [5.41, 5.74) is -1.22. The summed E-state index contributed by atoms with van der Waals surface area (Å²) in [6, 6.07) is 7.67. The molecule has 1 heterocycles. The fourth-order valence-corrected chi connectivity index (χ4v) is 2.58. The number of carbonyl (C=O) groups excluding carboxylic acids is 1. The molecule has 1 aliphatic rings. The van der Waals surface area contributed by atoms with Crippen molar-refractivity contribution in [2.24, 2.45) is 0 Å². The van der Waals surface area contributed by atoms with Crippen molar-refractivity contribution in [3.05, 3.63) is 29.8 Å². The minimum atomic E-state index is -1.01. The molecule has 4 nitrogen and oxygen atoms in total. The first kappa shape index (κ1) is 16.8. The first-order valence-electron chi connectivity index (χ1n) is 7.75. The lowest BCUT2D eigenvalue weighted by Crippen LogP contribution is -2.59. The summed E-state index contributed by atoms with van der Waals surface area (Å²) in [5, 5.41) is 13.3. The summed E-state index contributed by atoms with van der Waals surface area (Å²) in [4.78, 5) is 12.8. The third kappa shape index (κ3) is 3.27. The Labute approximate surface area is 132 Å². The molecule has 0 bridgehead atoms. The molecule has 4 heteroatoms. The predicted molar refractivity (Wildman–Crippen MR) is 87.0 cm³/mol. The highest BCUT2D eigenvalue weighted by Crippen LogP contribution is 2.41. The van der Waals surface area contributed by atoms with Crippen LogP contribution in [0.25, 0.3) is 0 Å². The molecule has 0 aromatic heterocycles. The molecular formula is C18H27NO3. The Morgan fingerprint density at radius 1 is 1.27 bits per heavy atom. The van der Waals surface area contributed by atoms with Crippen molar-refractivity contribution in [2.45, 2.75) is 70.6 Å². The van der Waals surface area contributed by atoms with Crippen LogP contribution in [0.1, 0.15) is 59.4 Å². The zero-order chi connectivity index (χ0) is 16.8. The number of rotatable bonds is 3. The van der Waals surface area contributed by atoms with Gasteiger partial charge in [0.1, 0.15) is 11.4 Å². The zero-order valence-electron chi connectivity index (χ0n) is 14.4. The van der Waals surface area contributed by atoms with Gasteiger partial charge in [0.2, 0.25) is 5.91 Å². The van der Waals surface area contributed by atoms with Crippen LogP contribution in [-0.2, 0) is 4.79 Å². The standard InChI is InChI=1S/C18H27NO3/c1-16(2)11-13(12-9-7-8-10-14(12)22-16)15(20)19-17(3,4)18(5,6)21/h7-10,13,21H,11H2,1-6H3,(H,19,20). The van der Waals surface area contributed by atoms with Crippen molar-refractivity contribution in [3.8, 4) is 5.75 Å². The van der Waals surface area contributed by atoms with E-state index in [4.69, 9.17) is 4.74 Å². The molecule has 1 amide bonds. The van der Waals surface area contributed by atoms with Gasteiger partial charge in [-0.05, 0) is 47.6 Å². The lowest BCUT2D eigenvalue weighted by molar-refractivity contribution is -0.129. The van der Waals surface area contributed by atoms with E-state index < -0.39 is 16.7 Å². The number of ether oxygens (including phenoxy) is 1. The number of aliphatic hydroxyl groups is 1. The molecule has 0 saturated heterocycles. The van der Waals surface area contributed by atoms with Crippen molar-refractivity contribution in [3.63, 3.8) is 0 Å².